The molecule has 14 rings (SSSR count). The predicted molar refractivity (Wildman–Crippen MR) is 289 cm³/mol. The van der Waals surface area contributed by atoms with Gasteiger partial charge in [0.15, 0.2) is 17.5 Å². The van der Waals surface area contributed by atoms with E-state index in [1.807, 2.05) is 72.0 Å². The fourth-order valence-electron chi connectivity index (χ4n) is 10.4. The predicted octanol–water partition coefficient (Wildman–Crippen LogP) is 16.8. The SMILES string of the molecule is c1ccc(-c2nc(-c3ccccc3)nc(-c3cccc(-c4cccc(-n5c6ccccc6c6cc(-c7cccc8c7sc7c8ccc8c9ccccc9n(-c9ccccc9)c87)ccc65)c4)c3)n2)cc1. The minimum absolute atomic E-state index is 0.633. The first-order valence-electron chi connectivity index (χ1n) is 23.3. The van der Waals surface area contributed by atoms with Crippen molar-refractivity contribution in [2.45, 2.75) is 0 Å². The summed E-state index contributed by atoms with van der Waals surface area (Å²) < 4.78 is 7.46. The van der Waals surface area contributed by atoms with Crippen LogP contribution in [0, 0.1) is 0 Å². The third-order valence-corrected chi connectivity index (χ3v) is 14.8. The molecule has 0 fully saturated rings. The number of hydrogen-bond donors (Lipinski definition) is 0. The van der Waals surface area contributed by atoms with Gasteiger partial charge in [0.25, 0.3) is 0 Å². The Labute approximate surface area is 401 Å². The summed E-state index contributed by atoms with van der Waals surface area (Å²) in [7, 11) is 0. The first-order valence-corrected chi connectivity index (χ1v) is 24.1. The van der Waals surface area contributed by atoms with Crippen LogP contribution in [0.5, 0.6) is 0 Å². The Kier molecular flexibility index (Phi) is 9.00. The molecule has 322 valence electrons. The standard InChI is InChI=1S/C63H39N5S/c1-4-17-40(18-5-1)61-64-62(41-19-6-2-7-20-41)66-63(65-61)45-23-14-21-42(37-45)43-22-15-26-47(38-43)67-55-31-12-11-28-50(55)54-39-44(33-36-57(54)67)48-29-16-30-52-53-35-34-51-49-27-10-13-32-56(49)68(46-24-8-3-9-25-46)58(51)60(53)69-59(48)52/h1-39H. The molecule has 5 nitrogen and oxygen atoms in total. The topological polar surface area (TPSA) is 48.5 Å². The van der Waals surface area contributed by atoms with E-state index in [4.69, 9.17) is 15.0 Å². The zero-order chi connectivity index (χ0) is 45.4. The van der Waals surface area contributed by atoms with Crippen molar-refractivity contribution >= 4 is 75.1 Å². The van der Waals surface area contributed by atoms with E-state index in [9.17, 15) is 0 Å². The number of nitrogens with zero attached hydrogens (tertiary/aromatic N) is 5. The second-order valence-electron chi connectivity index (χ2n) is 17.6. The molecule has 0 radical (unpaired) electrons. The van der Waals surface area contributed by atoms with Crippen molar-refractivity contribution in [3.63, 3.8) is 0 Å². The summed E-state index contributed by atoms with van der Waals surface area (Å²) in [6, 6.07) is 84.5. The molecule has 69 heavy (non-hydrogen) atoms. The van der Waals surface area contributed by atoms with Crippen molar-refractivity contribution in [1.82, 2.24) is 24.1 Å². The van der Waals surface area contributed by atoms with Gasteiger partial charge in [-0.2, -0.15) is 0 Å². The number of hydrogen-bond acceptors (Lipinski definition) is 4. The molecule has 0 saturated heterocycles. The molecule has 0 aliphatic rings. The molecule has 0 aliphatic carbocycles. The molecule has 14 aromatic rings. The third-order valence-electron chi connectivity index (χ3n) is 13.6. The lowest BCUT2D eigenvalue weighted by Gasteiger charge is -2.12. The van der Waals surface area contributed by atoms with Crippen molar-refractivity contribution in [1.29, 1.82) is 0 Å². The number of fused-ring (bicyclic) bond motifs is 10. The average molecular weight is 898 g/mol. The lowest BCUT2D eigenvalue weighted by molar-refractivity contribution is 1.07. The largest absolute Gasteiger partial charge is 0.309 e. The maximum Gasteiger partial charge on any atom is 0.164 e. The molecule has 4 heterocycles. The monoisotopic (exact) mass is 897 g/mol. The molecule has 0 unspecified atom stereocenters. The van der Waals surface area contributed by atoms with Crippen LogP contribution < -0.4 is 0 Å². The van der Waals surface area contributed by atoms with Crippen LogP contribution in [0.4, 0.5) is 0 Å². The Morgan fingerprint density at radius 1 is 0.275 bits per heavy atom. The van der Waals surface area contributed by atoms with Crippen LogP contribution in [-0.2, 0) is 0 Å². The van der Waals surface area contributed by atoms with Gasteiger partial charge in [-0.05, 0) is 76.9 Å². The maximum absolute atomic E-state index is 5.03. The highest BCUT2D eigenvalue weighted by Gasteiger charge is 2.21. The van der Waals surface area contributed by atoms with E-state index in [-0.39, 0.29) is 0 Å². The first-order chi connectivity index (χ1) is 34.2. The van der Waals surface area contributed by atoms with Gasteiger partial charge in [-0.15, -0.1) is 11.3 Å². The van der Waals surface area contributed by atoms with Gasteiger partial charge in [0.2, 0.25) is 0 Å². The minimum Gasteiger partial charge on any atom is -0.309 e. The highest BCUT2D eigenvalue weighted by Crippen LogP contribution is 2.46. The van der Waals surface area contributed by atoms with Crippen LogP contribution >= 0.6 is 11.3 Å². The first kappa shape index (κ1) is 39.2. The van der Waals surface area contributed by atoms with E-state index in [1.54, 1.807) is 0 Å². The van der Waals surface area contributed by atoms with Crippen LogP contribution in [0.2, 0.25) is 0 Å². The number of rotatable bonds is 7. The summed E-state index contributed by atoms with van der Waals surface area (Å²) in [5.74, 6) is 1.92. The van der Waals surface area contributed by atoms with Gasteiger partial charge in [-0.25, -0.2) is 15.0 Å². The quantitative estimate of drug-likeness (QED) is 0.160. The van der Waals surface area contributed by atoms with Gasteiger partial charge in [-0.1, -0.05) is 182 Å². The van der Waals surface area contributed by atoms with Crippen LogP contribution in [0.3, 0.4) is 0 Å². The van der Waals surface area contributed by atoms with E-state index >= 15 is 0 Å². The van der Waals surface area contributed by atoms with E-state index in [1.165, 1.54) is 75.1 Å². The molecule has 0 saturated carbocycles. The van der Waals surface area contributed by atoms with Crippen molar-refractivity contribution in [2.24, 2.45) is 0 Å². The average Bonchev–Trinajstić information content (AvgIpc) is 4.09. The maximum atomic E-state index is 5.03. The summed E-state index contributed by atoms with van der Waals surface area (Å²) in [5, 5.41) is 7.56. The van der Waals surface area contributed by atoms with E-state index in [0.717, 1.165) is 39.0 Å². The Morgan fingerprint density at radius 2 is 0.768 bits per heavy atom. The lowest BCUT2D eigenvalue weighted by atomic mass is 10.00. The number of benzene rings is 10. The van der Waals surface area contributed by atoms with E-state index < -0.39 is 0 Å². The fraction of sp³-hybridized carbons (Fsp3) is 0. The second-order valence-corrected chi connectivity index (χ2v) is 18.6. The molecule has 0 aliphatic heterocycles. The summed E-state index contributed by atoms with van der Waals surface area (Å²) in [5.41, 5.74) is 14.5. The molecular weight excluding hydrogens is 859 g/mol. The second kappa shape index (κ2) is 15.8. The van der Waals surface area contributed by atoms with Gasteiger partial charge in [-0.3, -0.25) is 0 Å². The third kappa shape index (κ3) is 6.41. The molecular formula is C63H39N5S. The molecule has 6 heteroatoms. The van der Waals surface area contributed by atoms with Gasteiger partial charge in [0.1, 0.15) is 0 Å². The fourth-order valence-corrected chi connectivity index (χ4v) is 11.8. The Bertz CT molecular complexity index is 4240. The van der Waals surface area contributed by atoms with Crippen LogP contribution in [0.15, 0.2) is 237 Å². The number of aromatic nitrogens is 5. The van der Waals surface area contributed by atoms with E-state index in [2.05, 4.69) is 185 Å². The smallest absolute Gasteiger partial charge is 0.164 e. The normalized spacial score (nSPS) is 11.8. The van der Waals surface area contributed by atoms with Crippen molar-refractivity contribution < 1.29 is 0 Å². The van der Waals surface area contributed by atoms with Crippen LogP contribution in [0.25, 0.3) is 132 Å². The van der Waals surface area contributed by atoms with Crippen LogP contribution in [0.1, 0.15) is 0 Å². The molecule has 0 amide bonds. The Balaban J connectivity index is 0.882. The van der Waals surface area contributed by atoms with Crippen molar-refractivity contribution in [3.8, 4) is 67.8 Å². The molecule has 0 bridgehead atoms. The summed E-state index contributed by atoms with van der Waals surface area (Å²) in [4.78, 5) is 15.0. The Hall–Kier alpha value is -8.97. The van der Waals surface area contributed by atoms with Gasteiger partial charge in [0, 0.05) is 65.1 Å². The molecule has 4 aromatic heterocycles. The highest BCUT2D eigenvalue weighted by molar-refractivity contribution is 7.27. The molecule has 0 spiro atoms. The number of para-hydroxylation sites is 3. The lowest BCUT2D eigenvalue weighted by Crippen LogP contribution is -2.00. The summed E-state index contributed by atoms with van der Waals surface area (Å²) in [6.45, 7) is 0. The van der Waals surface area contributed by atoms with Crippen molar-refractivity contribution in [3.05, 3.63) is 237 Å². The van der Waals surface area contributed by atoms with Gasteiger partial charge < -0.3 is 9.13 Å². The number of thiophene rings is 1. The van der Waals surface area contributed by atoms with Crippen LogP contribution in [-0.4, -0.2) is 24.1 Å². The zero-order valence-electron chi connectivity index (χ0n) is 37.2. The Morgan fingerprint density at radius 3 is 1.49 bits per heavy atom. The van der Waals surface area contributed by atoms with Crippen molar-refractivity contribution in [2.75, 3.05) is 0 Å². The minimum atomic E-state index is 0.633. The van der Waals surface area contributed by atoms with E-state index in [0.29, 0.717) is 17.5 Å². The molecule has 10 aromatic carbocycles. The summed E-state index contributed by atoms with van der Waals surface area (Å²) >= 11 is 1.91. The zero-order valence-corrected chi connectivity index (χ0v) is 38.0. The summed E-state index contributed by atoms with van der Waals surface area (Å²) in [6.07, 6.45) is 0. The molecule has 0 N–H and O–H groups in total. The highest BCUT2D eigenvalue weighted by atomic mass is 32.1. The van der Waals surface area contributed by atoms with Gasteiger partial charge >= 0.3 is 0 Å². The van der Waals surface area contributed by atoms with Gasteiger partial charge in [0.05, 0.1) is 26.8 Å². The molecule has 0 atom stereocenters.